The van der Waals surface area contributed by atoms with Crippen molar-refractivity contribution in [3.8, 4) is 23.7 Å². The Morgan fingerprint density at radius 2 is 1.60 bits per heavy atom. The van der Waals surface area contributed by atoms with E-state index in [0.29, 0.717) is 19.3 Å². The van der Waals surface area contributed by atoms with Gasteiger partial charge in [-0.25, -0.2) is 0 Å². The number of methoxy groups -OCH3 is 1. The molecular weight excluding hydrogens is 392 g/mol. The third kappa shape index (κ3) is 13.1. The lowest BCUT2D eigenvalue weighted by atomic mass is 10.0. The first-order valence-corrected chi connectivity index (χ1v) is 14.3. The number of hydrogen-bond donors (Lipinski definition) is 1. The molecule has 0 aliphatic rings. The number of esters is 1. The van der Waals surface area contributed by atoms with Crippen molar-refractivity contribution >= 4 is 14.3 Å². The fraction of sp³-hybridized carbons (Fsp3) is 0.800. The lowest BCUT2D eigenvalue weighted by Gasteiger charge is -2.40. The van der Waals surface area contributed by atoms with Crippen molar-refractivity contribution in [3.05, 3.63) is 0 Å². The molecule has 0 aromatic carbocycles. The largest absolute Gasteiger partial charge is 0.469 e. The summed E-state index contributed by atoms with van der Waals surface area (Å²) in [7, 11) is -0.546. The average molecular weight is 437 g/mol. The third-order valence-corrected chi connectivity index (χ3v) is 10.2. The summed E-state index contributed by atoms with van der Waals surface area (Å²) in [6.07, 6.45) is 7.44. The second-order valence-electron chi connectivity index (χ2n) is 9.31. The lowest BCUT2D eigenvalue weighted by molar-refractivity contribution is -0.140. The molecule has 4 nitrogen and oxygen atoms in total. The summed E-state index contributed by atoms with van der Waals surface area (Å²) in [5, 5.41) is 10.9. The molecule has 1 N–H and O–H groups in total. The molecule has 0 saturated carbocycles. The number of hydrogen-bond acceptors (Lipinski definition) is 4. The van der Waals surface area contributed by atoms with Crippen LogP contribution in [0.15, 0.2) is 0 Å². The summed E-state index contributed by atoms with van der Waals surface area (Å²) < 4.78 is 11.2. The Morgan fingerprint density at radius 1 is 1.00 bits per heavy atom. The smallest absolute Gasteiger partial charge is 0.305 e. The Bertz CT molecular complexity index is 599. The molecule has 0 spiro atoms. The number of carbonyl (C=O) groups is 1. The number of carbonyl (C=O) groups excluding carboxylic acids is 1. The van der Waals surface area contributed by atoms with Gasteiger partial charge in [0.05, 0.1) is 25.7 Å². The molecule has 0 aromatic heterocycles. The minimum absolute atomic E-state index is 0.0975. The van der Waals surface area contributed by atoms with Crippen molar-refractivity contribution in [2.75, 3.05) is 7.11 Å². The minimum atomic E-state index is -1.98. The van der Waals surface area contributed by atoms with Crippen LogP contribution >= 0.6 is 0 Å². The molecule has 0 heterocycles. The van der Waals surface area contributed by atoms with E-state index >= 15 is 0 Å². The molecule has 2 unspecified atom stereocenters. The molecule has 0 aliphatic carbocycles. The fourth-order valence-electron chi connectivity index (χ4n) is 2.73. The van der Waals surface area contributed by atoms with Gasteiger partial charge in [-0.05, 0) is 31.0 Å². The number of rotatable bonds is 12. The van der Waals surface area contributed by atoms with Crippen molar-refractivity contribution in [1.82, 2.24) is 0 Å². The molecule has 2 atom stereocenters. The van der Waals surface area contributed by atoms with Gasteiger partial charge < -0.3 is 14.3 Å². The highest BCUT2D eigenvalue weighted by Crippen LogP contribution is 2.38. The van der Waals surface area contributed by atoms with E-state index in [0.717, 1.165) is 44.9 Å². The van der Waals surface area contributed by atoms with E-state index in [4.69, 9.17) is 4.43 Å². The molecule has 0 aliphatic heterocycles. The van der Waals surface area contributed by atoms with E-state index in [2.05, 4.69) is 62.3 Å². The Kier molecular flexibility index (Phi) is 14.9. The summed E-state index contributed by atoms with van der Waals surface area (Å²) >= 11 is 0. The molecule has 0 aromatic rings. The minimum Gasteiger partial charge on any atom is -0.469 e. The molecule has 0 rings (SSSR count). The molecule has 0 fully saturated rings. The van der Waals surface area contributed by atoms with Gasteiger partial charge in [-0.15, -0.1) is 5.92 Å². The van der Waals surface area contributed by atoms with Crippen LogP contribution in [-0.2, 0) is 14.0 Å². The quantitative estimate of drug-likeness (QED) is 0.181. The van der Waals surface area contributed by atoms with Crippen LogP contribution in [0.4, 0.5) is 0 Å². The maximum absolute atomic E-state index is 11.2. The topological polar surface area (TPSA) is 55.8 Å². The van der Waals surface area contributed by atoms with Crippen molar-refractivity contribution in [2.24, 2.45) is 0 Å². The SMILES string of the molecule is CCC#CCC#CCC(O)C(CCCCCCCC(=O)OC)O[Si](C)(C)C(C)(C)C. The summed E-state index contributed by atoms with van der Waals surface area (Å²) in [6, 6.07) is 0. The third-order valence-electron chi connectivity index (χ3n) is 5.69. The van der Waals surface area contributed by atoms with Crippen LogP contribution < -0.4 is 0 Å². The zero-order valence-corrected chi connectivity index (χ0v) is 21.4. The molecule has 0 bridgehead atoms. The number of unbranched alkanes of at least 4 members (excludes halogenated alkanes) is 4. The van der Waals surface area contributed by atoms with Crippen LogP contribution in [0.25, 0.3) is 0 Å². The highest BCUT2D eigenvalue weighted by atomic mass is 28.4. The second kappa shape index (κ2) is 15.5. The van der Waals surface area contributed by atoms with Crippen LogP contribution in [0.3, 0.4) is 0 Å². The Labute approximate surface area is 186 Å². The second-order valence-corrected chi connectivity index (χ2v) is 14.1. The normalized spacial score (nSPS) is 13.5. The van der Waals surface area contributed by atoms with E-state index < -0.39 is 14.4 Å². The molecular formula is C25H44O4Si. The summed E-state index contributed by atoms with van der Waals surface area (Å²) in [5.41, 5.74) is 0. The van der Waals surface area contributed by atoms with E-state index in [1.807, 2.05) is 6.92 Å². The van der Waals surface area contributed by atoms with Crippen LogP contribution in [0.2, 0.25) is 18.1 Å². The predicted molar refractivity (Wildman–Crippen MR) is 127 cm³/mol. The van der Waals surface area contributed by atoms with Gasteiger partial charge >= 0.3 is 5.97 Å². The zero-order chi connectivity index (χ0) is 23.0. The molecule has 0 amide bonds. The van der Waals surface area contributed by atoms with Gasteiger partial charge in [0.25, 0.3) is 0 Å². The first kappa shape index (κ1) is 28.7. The number of aliphatic hydroxyl groups is 1. The van der Waals surface area contributed by atoms with Gasteiger partial charge in [0, 0.05) is 19.3 Å². The van der Waals surface area contributed by atoms with Gasteiger partial charge in [-0.2, -0.15) is 0 Å². The van der Waals surface area contributed by atoms with E-state index in [1.54, 1.807) is 0 Å². The average Bonchev–Trinajstić information content (AvgIpc) is 2.67. The highest BCUT2D eigenvalue weighted by Gasteiger charge is 2.40. The highest BCUT2D eigenvalue weighted by molar-refractivity contribution is 6.74. The molecule has 0 radical (unpaired) electrons. The van der Waals surface area contributed by atoms with Crippen molar-refractivity contribution in [2.45, 2.75) is 122 Å². The van der Waals surface area contributed by atoms with E-state index in [1.165, 1.54) is 7.11 Å². The number of aliphatic hydroxyl groups excluding tert-OH is 1. The van der Waals surface area contributed by atoms with Crippen LogP contribution in [0.1, 0.15) is 91.9 Å². The zero-order valence-electron chi connectivity index (χ0n) is 20.4. The van der Waals surface area contributed by atoms with Crippen LogP contribution in [0.5, 0.6) is 0 Å². The predicted octanol–water partition coefficient (Wildman–Crippen LogP) is 5.84. The van der Waals surface area contributed by atoms with Gasteiger partial charge in [-0.1, -0.05) is 71.1 Å². The Morgan fingerprint density at radius 3 is 2.20 bits per heavy atom. The number of ether oxygens (including phenoxy) is 1. The van der Waals surface area contributed by atoms with Crippen molar-refractivity contribution in [1.29, 1.82) is 0 Å². The monoisotopic (exact) mass is 436 g/mol. The van der Waals surface area contributed by atoms with Crippen LogP contribution in [-0.4, -0.2) is 38.7 Å². The summed E-state index contributed by atoms with van der Waals surface area (Å²) in [5.74, 6) is 12.0. The first-order chi connectivity index (χ1) is 14.0. The fourth-order valence-corrected chi connectivity index (χ4v) is 4.12. The molecule has 172 valence electrons. The summed E-state index contributed by atoms with van der Waals surface area (Å²) in [6.45, 7) is 13.1. The van der Waals surface area contributed by atoms with Gasteiger partial charge in [0.1, 0.15) is 0 Å². The lowest BCUT2D eigenvalue weighted by Crippen LogP contribution is -2.47. The Hall–Kier alpha value is -1.27. The van der Waals surface area contributed by atoms with Gasteiger partial charge in [0.2, 0.25) is 0 Å². The van der Waals surface area contributed by atoms with Crippen molar-refractivity contribution in [3.63, 3.8) is 0 Å². The first-order valence-electron chi connectivity index (χ1n) is 11.4. The summed E-state index contributed by atoms with van der Waals surface area (Å²) in [4.78, 5) is 11.2. The standard InChI is InChI=1S/C25H44O4Si/c1-8-9-10-11-13-16-19-22(26)23(29-30(6,7)25(2,3)4)20-17-14-12-15-18-21-24(27)28-5/h22-23,26H,8,11-12,14-15,17-21H2,1-7H3. The van der Waals surface area contributed by atoms with E-state index in [-0.39, 0.29) is 17.1 Å². The molecule has 0 saturated heterocycles. The maximum Gasteiger partial charge on any atom is 0.305 e. The van der Waals surface area contributed by atoms with Gasteiger partial charge in [0.15, 0.2) is 8.32 Å². The van der Waals surface area contributed by atoms with Crippen LogP contribution in [0, 0.1) is 23.7 Å². The molecule has 5 heteroatoms. The van der Waals surface area contributed by atoms with Crippen molar-refractivity contribution < 1.29 is 19.1 Å². The maximum atomic E-state index is 11.2. The Balaban J connectivity index is 4.66. The van der Waals surface area contributed by atoms with Gasteiger partial charge in [-0.3, -0.25) is 4.79 Å². The van der Waals surface area contributed by atoms with E-state index in [9.17, 15) is 9.90 Å². The molecule has 30 heavy (non-hydrogen) atoms.